The lowest BCUT2D eigenvalue weighted by Gasteiger charge is -2.35. The molecule has 3 rings (SSSR count). The van der Waals surface area contributed by atoms with Gasteiger partial charge in [0, 0.05) is 58.0 Å². The zero-order valence-electron chi connectivity index (χ0n) is 18.2. The molecule has 7 heteroatoms. The average Bonchev–Trinajstić information content (AvgIpc) is 2.72. The minimum atomic E-state index is 0. The Hall–Kier alpha value is -1.06. The van der Waals surface area contributed by atoms with Gasteiger partial charge in [-0.3, -0.25) is 9.89 Å². The van der Waals surface area contributed by atoms with Crippen LogP contribution in [0.15, 0.2) is 29.3 Å². The maximum Gasteiger partial charge on any atom is 0.191 e. The first-order chi connectivity index (χ1) is 13.6. The Morgan fingerprint density at radius 3 is 2.62 bits per heavy atom. The number of hydrogen-bond donors (Lipinski definition) is 2. The fourth-order valence-corrected chi connectivity index (χ4v) is 4.03. The average molecular weight is 515 g/mol. The number of rotatable bonds is 6. The van der Waals surface area contributed by atoms with E-state index in [1.54, 1.807) is 0 Å². The standard InChI is InChI=1S/C22H37N5O.HI/c1-18-6-8-21(9-7-18)27-10-4-5-20(17-27)25-22(23-3)24-15-19(2)16-26-11-13-28-14-12-26;/h6-9,19-20H,4-5,10-17H2,1-3H3,(H2,23,24,25);1H. The molecule has 2 heterocycles. The van der Waals surface area contributed by atoms with Crippen LogP contribution in [0.1, 0.15) is 25.3 Å². The molecule has 2 aliphatic rings. The molecule has 6 nitrogen and oxygen atoms in total. The smallest absolute Gasteiger partial charge is 0.191 e. The van der Waals surface area contributed by atoms with Crippen molar-refractivity contribution < 1.29 is 4.74 Å². The first-order valence-electron chi connectivity index (χ1n) is 10.7. The first-order valence-corrected chi connectivity index (χ1v) is 10.7. The Bertz CT molecular complexity index is 618. The summed E-state index contributed by atoms with van der Waals surface area (Å²) in [5.74, 6) is 1.50. The molecule has 0 spiro atoms. The second-order valence-electron chi connectivity index (χ2n) is 8.24. The van der Waals surface area contributed by atoms with Crippen molar-refractivity contribution in [2.24, 2.45) is 10.9 Å². The molecule has 0 bridgehead atoms. The number of guanidine groups is 1. The van der Waals surface area contributed by atoms with E-state index in [-0.39, 0.29) is 24.0 Å². The van der Waals surface area contributed by atoms with Crippen LogP contribution in [0.25, 0.3) is 0 Å². The Kier molecular flexibility index (Phi) is 10.5. The zero-order chi connectivity index (χ0) is 19.8. The highest BCUT2D eigenvalue weighted by molar-refractivity contribution is 14.0. The highest BCUT2D eigenvalue weighted by Gasteiger charge is 2.21. The first kappa shape index (κ1) is 24.2. The number of anilines is 1. The molecular weight excluding hydrogens is 477 g/mol. The van der Waals surface area contributed by atoms with E-state index >= 15 is 0 Å². The minimum Gasteiger partial charge on any atom is -0.379 e. The lowest BCUT2D eigenvalue weighted by atomic mass is 10.0. The van der Waals surface area contributed by atoms with Crippen LogP contribution in [0, 0.1) is 12.8 Å². The Morgan fingerprint density at radius 2 is 1.93 bits per heavy atom. The molecule has 0 aromatic heterocycles. The van der Waals surface area contributed by atoms with Crippen LogP contribution < -0.4 is 15.5 Å². The summed E-state index contributed by atoms with van der Waals surface area (Å²) in [6.07, 6.45) is 2.39. The van der Waals surface area contributed by atoms with E-state index in [1.165, 1.54) is 24.1 Å². The third kappa shape index (κ3) is 7.94. The van der Waals surface area contributed by atoms with Gasteiger partial charge in [0.15, 0.2) is 5.96 Å². The van der Waals surface area contributed by atoms with E-state index in [9.17, 15) is 0 Å². The maximum absolute atomic E-state index is 5.44. The number of piperidine rings is 1. The van der Waals surface area contributed by atoms with E-state index in [2.05, 4.69) is 63.5 Å². The molecule has 0 radical (unpaired) electrons. The maximum atomic E-state index is 5.44. The van der Waals surface area contributed by atoms with Gasteiger partial charge in [0.1, 0.15) is 0 Å². The van der Waals surface area contributed by atoms with E-state index in [1.807, 2.05) is 7.05 Å². The number of nitrogens with one attached hydrogen (secondary N) is 2. The van der Waals surface area contributed by atoms with Gasteiger partial charge in [-0.15, -0.1) is 24.0 Å². The molecule has 0 saturated carbocycles. The zero-order valence-corrected chi connectivity index (χ0v) is 20.5. The SMILES string of the molecule is CN=C(NCC(C)CN1CCOCC1)NC1CCCN(c2ccc(C)cc2)C1.I. The predicted octanol–water partition coefficient (Wildman–Crippen LogP) is 2.72. The van der Waals surface area contributed by atoms with Gasteiger partial charge in [0.05, 0.1) is 13.2 Å². The van der Waals surface area contributed by atoms with Gasteiger partial charge in [-0.05, 0) is 37.8 Å². The molecule has 0 aliphatic carbocycles. The summed E-state index contributed by atoms with van der Waals surface area (Å²) in [5.41, 5.74) is 2.63. The summed E-state index contributed by atoms with van der Waals surface area (Å²) in [4.78, 5) is 9.43. The fourth-order valence-electron chi connectivity index (χ4n) is 4.03. The van der Waals surface area contributed by atoms with E-state index in [0.717, 1.165) is 58.4 Å². The van der Waals surface area contributed by atoms with Crippen LogP contribution in [-0.2, 0) is 4.74 Å². The van der Waals surface area contributed by atoms with Crippen LogP contribution in [-0.4, -0.2) is 76.4 Å². The van der Waals surface area contributed by atoms with Crippen molar-refractivity contribution in [1.29, 1.82) is 0 Å². The second-order valence-corrected chi connectivity index (χ2v) is 8.24. The van der Waals surface area contributed by atoms with Crippen molar-refractivity contribution in [3.8, 4) is 0 Å². The topological polar surface area (TPSA) is 52.1 Å². The number of aliphatic imine (C=N–C) groups is 1. The number of aryl methyl sites for hydroxylation is 1. The molecule has 2 fully saturated rings. The van der Waals surface area contributed by atoms with Gasteiger partial charge in [0.25, 0.3) is 0 Å². The summed E-state index contributed by atoms with van der Waals surface area (Å²) >= 11 is 0. The number of morpholine rings is 1. The van der Waals surface area contributed by atoms with Crippen LogP contribution in [0.4, 0.5) is 5.69 Å². The molecule has 29 heavy (non-hydrogen) atoms. The molecule has 1 aromatic rings. The quantitative estimate of drug-likeness (QED) is 0.347. The minimum absolute atomic E-state index is 0. The Morgan fingerprint density at radius 1 is 1.21 bits per heavy atom. The summed E-state index contributed by atoms with van der Waals surface area (Å²) in [5, 5.41) is 7.17. The highest BCUT2D eigenvalue weighted by Crippen LogP contribution is 2.20. The lowest BCUT2D eigenvalue weighted by molar-refractivity contribution is 0.0320. The lowest BCUT2D eigenvalue weighted by Crippen LogP contribution is -2.52. The number of benzene rings is 1. The molecule has 0 amide bonds. The summed E-state index contributed by atoms with van der Waals surface area (Å²) < 4.78 is 5.44. The van der Waals surface area contributed by atoms with Gasteiger partial charge >= 0.3 is 0 Å². The van der Waals surface area contributed by atoms with Crippen LogP contribution in [0.5, 0.6) is 0 Å². The molecule has 2 N–H and O–H groups in total. The van der Waals surface area contributed by atoms with E-state index in [0.29, 0.717) is 12.0 Å². The van der Waals surface area contributed by atoms with Crippen molar-refractivity contribution in [2.45, 2.75) is 32.7 Å². The number of ether oxygens (including phenoxy) is 1. The monoisotopic (exact) mass is 515 g/mol. The van der Waals surface area contributed by atoms with Gasteiger partial charge in [-0.25, -0.2) is 0 Å². The molecule has 2 aliphatic heterocycles. The largest absolute Gasteiger partial charge is 0.379 e. The number of nitrogens with zero attached hydrogens (tertiary/aromatic N) is 3. The van der Waals surface area contributed by atoms with Gasteiger partial charge in [-0.2, -0.15) is 0 Å². The number of hydrogen-bond acceptors (Lipinski definition) is 4. The van der Waals surface area contributed by atoms with Crippen molar-refractivity contribution >= 4 is 35.6 Å². The van der Waals surface area contributed by atoms with Crippen LogP contribution in [0.3, 0.4) is 0 Å². The Balaban J connectivity index is 0.00000300. The van der Waals surface area contributed by atoms with Crippen LogP contribution >= 0.6 is 24.0 Å². The van der Waals surface area contributed by atoms with Crippen molar-refractivity contribution in [2.75, 3.05) is 64.4 Å². The summed E-state index contributed by atoms with van der Waals surface area (Å²) in [6.45, 7) is 12.5. The molecule has 2 unspecified atom stereocenters. The van der Waals surface area contributed by atoms with Gasteiger partial charge < -0.3 is 20.3 Å². The molecule has 2 atom stereocenters. The van der Waals surface area contributed by atoms with E-state index in [4.69, 9.17) is 4.74 Å². The number of halogens is 1. The summed E-state index contributed by atoms with van der Waals surface area (Å²) in [7, 11) is 1.86. The highest BCUT2D eigenvalue weighted by atomic mass is 127. The third-order valence-electron chi connectivity index (χ3n) is 5.68. The second kappa shape index (κ2) is 12.6. The van der Waals surface area contributed by atoms with Gasteiger partial charge in [0.2, 0.25) is 0 Å². The molecule has 1 aromatic carbocycles. The van der Waals surface area contributed by atoms with Crippen molar-refractivity contribution in [3.05, 3.63) is 29.8 Å². The Labute approximate surface area is 193 Å². The normalized spacial score (nSPS) is 22.0. The summed E-state index contributed by atoms with van der Waals surface area (Å²) in [6, 6.07) is 9.29. The van der Waals surface area contributed by atoms with Gasteiger partial charge in [-0.1, -0.05) is 24.6 Å². The third-order valence-corrected chi connectivity index (χ3v) is 5.68. The van der Waals surface area contributed by atoms with Crippen molar-refractivity contribution in [1.82, 2.24) is 15.5 Å². The van der Waals surface area contributed by atoms with E-state index < -0.39 is 0 Å². The van der Waals surface area contributed by atoms with Crippen LogP contribution in [0.2, 0.25) is 0 Å². The molecular formula is C22H38IN5O. The molecule has 164 valence electrons. The fraction of sp³-hybridized carbons (Fsp3) is 0.682. The van der Waals surface area contributed by atoms with Crippen molar-refractivity contribution in [3.63, 3.8) is 0 Å². The predicted molar refractivity (Wildman–Crippen MR) is 133 cm³/mol. The molecule has 2 saturated heterocycles.